The molecule has 0 heterocycles. The van der Waals surface area contributed by atoms with Crippen molar-refractivity contribution in [2.75, 3.05) is 6.61 Å². The van der Waals surface area contributed by atoms with E-state index in [2.05, 4.69) is 13.5 Å². The van der Waals surface area contributed by atoms with Crippen molar-refractivity contribution in [1.82, 2.24) is 0 Å². The highest BCUT2D eigenvalue weighted by Gasteiger charge is 2.36. The smallest absolute Gasteiger partial charge is 0.127 e. The van der Waals surface area contributed by atoms with Crippen LogP contribution < -0.4 is 0 Å². The minimum Gasteiger partial charge on any atom is -0.378 e. The summed E-state index contributed by atoms with van der Waals surface area (Å²) in [5.74, 6) is 1.32. The van der Waals surface area contributed by atoms with E-state index in [4.69, 9.17) is 4.74 Å². The Labute approximate surface area is 185 Å². The molecule has 0 saturated heterocycles. The van der Waals surface area contributed by atoms with Crippen LogP contribution in [0.4, 0.5) is 8.78 Å². The van der Waals surface area contributed by atoms with Crippen molar-refractivity contribution < 1.29 is 13.5 Å². The summed E-state index contributed by atoms with van der Waals surface area (Å²) in [5.41, 5.74) is 2.97. The first-order chi connectivity index (χ1) is 15.1. The number of halogens is 2. The highest BCUT2D eigenvalue weighted by atomic mass is 19.1. The van der Waals surface area contributed by atoms with E-state index in [-0.39, 0.29) is 17.6 Å². The standard InChI is InChI=1S/C28H34F2O/c1-3-5-6-19-7-8-22(17-27(19)29)23-12-14-26(28(30)18-23)24-10-9-21-16-25(31-4-2)13-11-20(21)15-24/h3,7-8,12,14,17-18,20-21,24-25H,1,4-6,9-11,13,15-16H2,2H3. The van der Waals surface area contributed by atoms with Crippen molar-refractivity contribution >= 4 is 0 Å². The van der Waals surface area contributed by atoms with Gasteiger partial charge in [-0.05, 0) is 110 Å². The van der Waals surface area contributed by atoms with Crippen LogP contribution in [0.2, 0.25) is 0 Å². The van der Waals surface area contributed by atoms with E-state index in [0.29, 0.717) is 24.0 Å². The van der Waals surface area contributed by atoms with Gasteiger partial charge in [0.1, 0.15) is 11.6 Å². The zero-order chi connectivity index (χ0) is 21.8. The molecule has 2 aliphatic carbocycles. The predicted octanol–water partition coefficient (Wildman–Crippen LogP) is 7.84. The number of aryl methyl sites for hydroxylation is 1. The average molecular weight is 425 g/mol. The maximum atomic E-state index is 15.1. The summed E-state index contributed by atoms with van der Waals surface area (Å²) in [5, 5.41) is 0. The molecule has 166 valence electrons. The number of hydrogen-bond donors (Lipinski definition) is 0. The van der Waals surface area contributed by atoms with Crippen LogP contribution in [0.5, 0.6) is 0 Å². The third kappa shape index (κ3) is 5.09. The molecule has 3 heteroatoms. The summed E-state index contributed by atoms with van der Waals surface area (Å²) in [6.45, 7) is 6.56. The fourth-order valence-corrected chi connectivity index (χ4v) is 5.74. The normalized spacial score (nSPS) is 25.8. The molecule has 0 spiro atoms. The van der Waals surface area contributed by atoms with Crippen LogP contribution in [0.1, 0.15) is 68.9 Å². The van der Waals surface area contributed by atoms with Crippen LogP contribution in [0, 0.1) is 23.5 Å². The molecule has 2 aromatic rings. The highest BCUT2D eigenvalue weighted by molar-refractivity contribution is 5.64. The monoisotopic (exact) mass is 424 g/mol. The van der Waals surface area contributed by atoms with Crippen LogP contribution in [-0.2, 0) is 11.2 Å². The molecule has 0 aromatic heterocycles. The maximum absolute atomic E-state index is 15.1. The Balaban J connectivity index is 1.45. The van der Waals surface area contributed by atoms with Gasteiger partial charge in [0.05, 0.1) is 6.10 Å². The SMILES string of the molecule is C=CCCc1ccc(-c2ccc(C3CCC4CC(OCC)CCC4C3)c(F)c2)cc1F. The fraction of sp³-hybridized carbons (Fsp3) is 0.500. The second-order valence-corrected chi connectivity index (χ2v) is 9.29. The van der Waals surface area contributed by atoms with Gasteiger partial charge in [0, 0.05) is 6.61 Å². The summed E-state index contributed by atoms with van der Waals surface area (Å²) >= 11 is 0. The van der Waals surface area contributed by atoms with Gasteiger partial charge in [-0.2, -0.15) is 0 Å². The Hall–Kier alpha value is -2.00. The summed E-state index contributed by atoms with van der Waals surface area (Å²) in [6, 6.07) is 10.7. The lowest BCUT2D eigenvalue weighted by Gasteiger charge is -2.42. The van der Waals surface area contributed by atoms with Gasteiger partial charge in [0.15, 0.2) is 0 Å². The highest BCUT2D eigenvalue weighted by Crippen LogP contribution is 2.47. The number of ether oxygens (including phenoxy) is 1. The first-order valence-corrected chi connectivity index (χ1v) is 11.9. The Morgan fingerprint density at radius 1 is 0.935 bits per heavy atom. The van der Waals surface area contributed by atoms with Gasteiger partial charge in [-0.25, -0.2) is 8.78 Å². The number of allylic oxidation sites excluding steroid dienone is 1. The van der Waals surface area contributed by atoms with Crippen LogP contribution >= 0.6 is 0 Å². The quantitative estimate of drug-likeness (QED) is 0.411. The van der Waals surface area contributed by atoms with Crippen molar-refractivity contribution in [2.24, 2.45) is 11.8 Å². The molecule has 2 saturated carbocycles. The summed E-state index contributed by atoms with van der Waals surface area (Å²) in [7, 11) is 0. The first kappa shape index (κ1) is 22.2. The summed E-state index contributed by atoms with van der Waals surface area (Å²) < 4.78 is 35.4. The molecule has 2 aromatic carbocycles. The van der Waals surface area contributed by atoms with E-state index in [1.807, 2.05) is 18.2 Å². The minimum absolute atomic E-state index is 0.153. The topological polar surface area (TPSA) is 9.23 Å². The molecule has 0 amide bonds. The molecule has 0 N–H and O–H groups in total. The molecule has 1 nitrogen and oxygen atoms in total. The number of fused-ring (bicyclic) bond motifs is 1. The maximum Gasteiger partial charge on any atom is 0.127 e. The molecular weight excluding hydrogens is 390 g/mol. The zero-order valence-corrected chi connectivity index (χ0v) is 18.6. The van der Waals surface area contributed by atoms with Crippen LogP contribution in [0.3, 0.4) is 0 Å². The molecular formula is C28H34F2O. The Kier molecular flexibility index (Phi) is 7.22. The van der Waals surface area contributed by atoms with Crippen molar-refractivity contribution in [2.45, 2.75) is 70.3 Å². The number of hydrogen-bond acceptors (Lipinski definition) is 1. The van der Waals surface area contributed by atoms with Crippen LogP contribution in [0.25, 0.3) is 11.1 Å². The second-order valence-electron chi connectivity index (χ2n) is 9.29. The molecule has 4 unspecified atom stereocenters. The van der Waals surface area contributed by atoms with E-state index in [1.165, 1.54) is 18.9 Å². The molecule has 2 aliphatic rings. The lowest BCUT2D eigenvalue weighted by molar-refractivity contribution is -0.00968. The molecule has 4 rings (SSSR count). The van der Waals surface area contributed by atoms with Crippen LogP contribution in [0.15, 0.2) is 49.1 Å². The Bertz CT molecular complexity index is 906. The molecule has 0 radical (unpaired) electrons. The van der Waals surface area contributed by atoms with E-state index in [1.54, 1.807) is 18.2 Å². The van der Waals surface area contributed by atoms with Crippen molar-refractivity contribution in [3.05, 3.63) is 71.8 Å². The van der Waals surface area contributed by atoms with Gasteiger partial charge in [0.2, 0.25) is 0 Å². The average Bonchev–Trinajstić information content (AvgIpc) is 2.78. The second kappa shape index (κ2) is 10.1. The van der Waals surface area contributed by atoms with Gasteiger partial charge < -0.3 is 4.74 Å². The van der Waals surface area contributed by atoms with Gasteiger partial charge in [-0.1, -0.05) is 30.3 Å². The van der Waals surface area contributed by atoms with E-state index < -0.39 is 0 Å². The molecule has 0 bridgehead atoms. The third-order valence-electron chi connectivity index (χ3n) is 7.41. The lowest BCUT2D eigenvalue weighted by Crippen LogP contribution is -2.33. The zero-order valence-electron chi connectivity index (χ0n) is 18.6. The molecule has 4 atom stereocenters. The fourth-order valence-electron chi connectivity index (χ4n) is 5.74. The Morgan fingerprint density at radius 2 is 1.65 bits per heavy atom. The minimum atomic E-state index is -0.232. The van der Waals surface area contributed by atoms with Gasteiger partial charge in [-0.3, -0.25) is 0 Å². The third-order valence-corrected chi connectivity index (χ3v) is 7.41. The summed E-state index contributed by atoms with van der Waals surface area (Å²) in [4.78, 5) is 0. The first-order valence-electron chi connectivity index (χ1n) is 11.9. The summed E-state index contributed by atoms with van der Waals surface area (Å²) in [6.07, 6.45) is 10.4. The van der Waals surface area contributed by atoms with Gasteiger partial charge >= 0.3 is 0 Å². The molecule has 31 heavy (non-hydrogen) atoms. The van der Waals surface area contributed by atoms with Crippen LogP contribution in [-0.4, -0.2) is 12.7 Å². The van der Waals surface area contributed by atoms with E-state index in [9.17, 15) is 4.39 Å². The van der Waals surface area contributed by atoms with Crippen molar-refractivity contribution in [1.29, 1.82) is 0 Å². The van der Waals surface area contributed by atoms with Gasteiger partial charge in [0.25, 0.3) is 0 Å². The lowest BCUT2D eigenvalue weighted by atomic mass is 9.65. The van der Waals surface area contributed by atoms with E-state index >= 15 is 4.39 Å². The van der Waals surface area contributed by atoms with E-state index in [0.717, 1.165) is 61.3 Å². The number of benzene rings is 2. The molecule has 0 aliphatic heterocycles. The van der Waals surface area contributed by atoms with Gasteiger partial charge in [-0.15, -0.1) is 6.58 Å². The van der Waals surface area contributed by atoms with Crippen molar-refractivity contribution in [3.63, 3.8) is 0 Å². The predicted molar refractivity (Wildman–Crippen MR) is 123 cm³/mol. The largest absolute Gasteiger partial charge is 0.378 e. The molecule has 2 fully saturated rings. The Morgan fingerprint density at radius 3 is 2.35 bits per heavy atom. The number of rotatable bonds is 7. The van der Waals surface area contributed by atoms with Crippen molar-refractivity contribution in [3.8, 4) is 11.1 Å².